The summed E-state index contributed by atoms with van der Waals surface area (Å²) in [6.07, 6.45) is 0.200. The van der Waals surface area contributed by atoms with Crippen molar-refractivity contribution in [2.45, 2.75) is 29.1 Å². The highest BCUT2D eigenvalue weighted by molar-refractivity contribution is 8.01. The van der Waals surface area contributed by atoms with E-state index in [-0.39, 0.29) is 18.0 Å². The van der Waals surface area contributed by atoms with Gasteiger partial charge in [0.1, 0.15) is 16.4 Å². The zero-order valence-electron chi connectivity index (χ0n) is 15.1. The number of aliphatic carboxylic acids is 1. The molecule has 0 spiro atoms. The van der Waals surface area contributed by atoms with E-state index in [0.717, 1.165) is 14.2 Å². The lowest BCUT2D eigenvalue weighted by molar-refractivity contribution is -0.301. The molecule has 1 fully saturated rings. The number of aromatic nitrogens is 2. The predicted molar refractivity (Wildman–Crippen MR) is 110 cm³/mol. The molecule has 8 nitrogen and oxygen atoms in total. The third-order valence-corrected chi connectivity index (χ3v) is 8.62. The number of carboxylic acids is 1. The summed E-state index contributed by atoms with van der Waals surface area (Å²) in [5.41, 5.74) is 0.525. The molecule has 0 saturated carbocycles. The zero-order chi connectivity index (χ0) is 20.5. The molecule has 4 heterocycles. The first-order valence-corrected chi connectivity index (χ1v) is 12.3. The number of nitrogens with one attached hydrogen (secondary N) is 1. The van der Waals surface area contributed by atoms with E-state index in [4.69, 9.17) is 0 Å². The molecule has 1 N–H and O–H groups in total. The molecular formula is C17H15N4O4S4-. The SMILES string of the molecule is Cc1nnc(SCC2=C(C(=O)[O-])N3C(=O)C(NC(=O)Cc4cccs4)C3SC2)s1. The van der Waals surface area contributed by atoms with Gasteiger partial charge < -0.3 is 15.2 Å². The Hall–Kier alpha value is -1.89. The summed E-state index contributed by atoms with van der Waals surface area (Å²) in [5, 5.41) is 24.7. The first kappa shape index (κ1) is 20.4. The van der Waals surface area contributed by atoms with Crippen molar-refractivity contribution in [2.75, 3.05) is 11.5 Å². The van der Waals surface area contributed by atoms with Gasteiger partial charge >= 0.3 is 0 Å². The molecule has 1 saturated heterocycles. The number of hydrogen-bond donors (Lipinski definition) is 1. The minimum Gasteiger partial charge on any atom is -0.543 e. The number of thiophene rings is 1. The van der Waals surface area contributed by atoms with Crippen LogP contribution in [-0.4, -0.2) is 55.8 Å². The van der Waals surface area contributed by atoms with Crippen LogP contribution in [0.2, 0.25) is 0 Å². The number of β-lactam (4-membered cyclic amide) rings is 1. The average molecular weight is 468 g/mol. The number of carbonyl (C=O) groups is 3. The molecule has 2 aliphatic rings. The number of hydrogen-bond acceptors (Lipinski definition) is 10. The van der Waals surface area contributed by atoms with Gasteiger partial charge in [0.25, 0.3) is 5.91 Å². The molecule has 0 bridgehead atoms. The van der Waals surface area contributed by atoms with Gasteiger partial charge in [0.05, 0.1) is 18.1 Å². The third kappa shape index (κ3) is 4.20. The number of aryl methyl sites for hydroxylation is 1. The van der Waals surface area contributed by atoms with E-state index in [2.05, 4.69) is 15.5 Å². The maximum absolute atomic E-state index is 12.6. The van der Waals surface area contributed by atoms with Crippen molar-refractivity contribution >= 4 is 64.0 Å². The lowest BCUT2D eigenvalue weighted by atomic mass is 10.0. The molecule has 0 radical (unpaired) electrons. The summed E-state index contributed by atoms with van der Waals surface area (Å²) in [6.45, 7) is 1.85. The first-order chi connectivity index (χ1) is 13.9. The van der Waals surface area contributed by atoms with Crippen LogP contribution in [-0.2, 0) is 20.8 Å². The molecule has 2 aliphatic heterocycles. The van der Waals surface area contributed by atoms with Gasteiger partial charge in [-0.25, -0.2) is 0 Å². The number of amides is 2. The summed E-state index contributed by atoms with van der Waals surface area (Å²) in [5.74, 6) is -1.22. The zero-order valence-corrected chi connectivity index (χ0v) is 18.4. The quantitative estimate of drug-likeness (QED) is 0.466. The maximum Gasteiger partial charge on any atom is 0.253 e. The number of nitrogens with zero attached hydrogens (tertiary/aromatic N) is 3. The van der Waals surface area contributed by atoms with Crippen LogP contribution in [0, 0.1) is 6.92 Å². The van der Waals surface area contributed by atoms with Crippen LogP contribution in [0.1, 0.15) is 9.88 Å². The lowest BCUT2D eigenvalue weighted by Gasteiger charge is -2.50. The molecule has 0 aliphatic carbocycles. The van der Waals surface area contributed by atoms with Crippen molar-refractivity contribution in [1.82, 2.24) is 20.4 Å². The van der Waals surface area contributed by atoms with Gasteiger partial charge in [0, 0.05) is 16.4 Å². The Morgan fingerprint density at radius 1 is 1.41 bits per heavy atom. The second-order valence-corrected chi connectivity index (χ2v) is 10.9. The number of thioether (sulfide) groups is 2. The number of rotatable bonds is 7. The average Bonchev–Trinajstić information content (AvgIpc) is 3.35. The molecule has 2 amide bonds. The number of carbonyl (C=O) groups excluding carboxylic acids is 3. The van der Waals surface area contributed by atoms with Crippen molar-refractivity contribution in [3.05, 3.63) is 38.7 Å². The smallest absolute Gasteiger partial charge is 0.253 e. The van der Waals surface area contributed by atoms with Crippen molar-refractivity contribution in [1.29, 1.82) is 0 Å². The van der Waals surface area contributed by atoms with Crippen LogP contribution in [0.3, 0.4) is 0 Å². The van der Waals surface area contributed by atoms with E-state index < -0.39 is 23.3 Å². The van der Waals surface area contributed by atoms with E-state index in [0.29, 0.717) is 17.1 Å². The monoisotopic (exact) mass is 467 g/mol. The second-order valence-electron chi connectivity index (χ2n) is 6.33. The van der Waals surface area contributed by atoms with Crippen LogP contribution < -0.4 is 10.4 Å². The van der Waals surface area contributed by atoms with Crippen LogP contribution in [0.15, 0.2) is 33.1 Å². The summed E-state index contributed by atoms with van der Waals surface area (Å²) >= 11 is 5.73. The Labute approximate surface area is 182 Å². The predicted octanol–water partition coefficient (Wildman–Crippen LogP) is 0.647. The largest absolute Gasteiger partial charge is 0.543 e. The summed E-state index contributed by atoms with van der Waals surface area (Å²) in [6, 6.07) is 3.00. The minimum atomic E-state index is -1.38. The van der Waals surface area contributed by atoms with E-state index in [1.165, 1.54) is 51.1 Å². The molecule has 2 unspecified atom stereocenters. The molecule has 2 aromatic rings. The molecule has 2 aromatic heterocycles. The van der Waals surface area contributed by atoms with E-state index in [1.807, 2.05) is 24.4 Å². The Morgan fingerprint density at radius 2 is 2.24 bits per heavy atom. The van der Waals surface area contributed by atoms with Crippen LogP contribution in [0.5, 0.6) is 0 Å². The Balaban J connectivity index is 1.44. The summed E-state index contributed by atoms with van der Waals surface area (Å²) < 4.78 is 0.744. The van der Waals surface area contributed by atoms with Gasteiger partial charge in [-0.1, -0.05) is 29.2 Å². The molecule has 12 heteroatoms. The minimum absolute atomic E-state index is 0.0868. The van der Waals surface area contributed by atoms with Crippen molar-refractivity contribution in [3.8, 4) is 0 Å². The highest BCUT2D eigenvalue weighted by Crippen LogP contribution is 2.41. The van der Waals surface area contributed by atoms with E-state index in [9.17, 15) is 19.5 Å². The molecule has 0 aromatic carbocycles. The highest BCUT2D eigenvalue weighted by Gasteiger charge is 2.52. The highest BCUT2D eigenvalue weighted by atomic mass is 32.2. The van der Waals surface area contributed by atoms with Crippen LogP contribution in [0.4, 0.5) is 0 Å². The van der Waals surface area contributed by atoms with Crippen LogP contribution >= 0.6 is 46.2 Å². The van der Waals surface area contributed by atoms with Gasteiger partial charge in [-0.3, -0.25) is 14.5 Å². The second kappa shape index (κ2) is 8.46. The molecule has 29 heavy (non-hydrogen) atoms. The number of carboxylic acid groups (broad SMARTS) is 1. The Morgan fingerprint density at radius 3 is 2.90 bits per heavy atom. The van der Waals surface area contributed by atoms with Gasteiger partial charge in [-0.2, -0.15) is 0 Å². The standard InChI is InChI=1S/C17H16N4O4S4/c1-8-19-20-17(29-8)28-7-9-6-27-15-12(14(23)21(15)13(9)16(24)25)18-11(22)5-10-3-2-4-26-10/h2-4,12,15H,5-7H2,1H3,(H,18,22)(H,24,25)/p-1. The van der Waals surface area contributed by atoms with Crippen LogP contribution in [0.25, 0.3) is 0 Å². The first-order valence-electron chi connectivity index (χ1n) is 8.56. The Kier molecular flexibility index (Phi) is 5.95. The fourth-order valence-corrected chi connectivity index (χ4v) is 7.07. The van der Waals surface area contributed by atoms with Crippen molar-refractivity contribution in [3.63, 3.8) is 0 Å². The van der Waals surface area contributed by atoms with Gasteiger partial charge in [-0.15, -0.1) is 33.3 Å². The molecule has 4 rings (SSSR count). The van der Waals surface area contributed by atoms with Gasteiger partial charge in [-0.05, 0) is 23.9 Å². The third-order valence-electron chi connectivity index (χ3n) is 4.35. The summed E-state index contributed by atoms with van der Waals surface area (Å²) in [7, 11) is 0. The summed E-state index contributed by atoms with van der Waals surface area (Å²) in [4.78, 5) is 38.8. The van der Waals surface area contributed by atoms with Gasteiger partial charge in [0.2, 0.25) is 5.91 Å². The maximum atomic E-state index is 12.6. The topological polar surface area (TPSA) is 115 Å². The lowest BCUT2D eigenvalue weighted by Crippen LogP contribution is -2.71. The number of fused-ring (bicyclic) bond motifs is 1. The molecular weight excluding hydrogens is 452 g/mol. The fraction of sp³-hybridized carbons (Fsp3) is 0.353. The van der Waals surface area contributed by atoms with E-state index in [1.54, 1.807) is 0 Å². The molecule has 152 valence electrons. The molecule has 2 atom stereocenters. The van der Waals surface area contributed by atoms with E-state index >= 15 is 0 Å². The Bertz CT molecular complexity index is 987. The fourth-order valence-electron chi connectivity index (χ4n) is 3.06. The van der Waals surface area contributed by atoms with Gasteiger partial charge in [0.15, 0.2) is 4.34 Å². The normalized spacial score (nSPS) is 21.0. The van der Waals surface area contributed by atoms with Crippen molar-refractivity contribution < 1.29 is 19.5 Å². The van der Waals surface area contributed by atoms with Crippen molar-refractivity contribution in [2.24, 2.45) is 0 Å².